The SMILES string of the molecule is CC1(C)CCC(COC(=O)c2c(N)cccc2Cl)O1. The second-order valence-electron chi connectivity index (χ2n) is 5.34. The molecule has 0 amide bonds. The summed E-state index contributed by atoms with van der Waals surface area (Å²) in [6.07, 6.45) is 1.80. The van der Waals surface area contributed by atoms with Crippen LogP contribution in [-0.4, -0.2) is 24.3 Å². The average Bonchev–Trinajstić information content (AvgIpc) is 2.66. The van der Waals surface area contributed by atoms with E-state index in [4.69, 9.17) is 26.8 Å². The van der Waals surface area contributed by atoms with Crippen molar-refractivity contribution in [3.05, 3.63) is 28.8 Å². The summed E-state index contributed by atoms with van der Waals surface area (Å²) in [5.74, 6) is -0.503. The molecule has 5 heteroatoms. The minimum absolute atomic E-state index is 0.0531. The maximum atomic E-state index is 12.0. The van der Waals surface area contributed by atoms with Gasteiger partial charge in [0.15, 0.2) is 0 Å². The maximum absolute atomic E-state index is 12.0. The van der Waals surface area contributed by atoms with Crippen LogP contribution in [0, 0.1) is 0 Å². The highest BCUT2D eigenvalue weighted by molar-refractivity contribution is 6.34. The molecule has 19 heavy (non-hydrogen) atoms. The molecule has 4 nitrogen and oxygen atoms in total. The monoisotopic (exact) mass is 283 g/mol. The summed E-state index contributed by atoms with van der Waals surface area (Å²) < 4.78 is 11.0. The highest BCUT2D eigenvalue weighted by Gasteiger charge is 2.32. The number of hydrogen-bond acceptors (Lipinski definition) is 4. The number of ether oxygens (including phenoxy) is 2. The van der Waals surface area contributed by atoms with Crippen LogP contribution in [0.3, 0.4) is 0 Å². The molecule has 0 bridgehead atoms. The Hall–Kier alpha value is -1.26. The lowest BCUT2D eigenvalue weighted by Gasteiger charge is -2.19. The quantitative estimate of drug-likeness (QED) is 0.684. The standard InChI is InChI=1S/C14H18ClNO3/c1-14(2)7-6-9(19-14)8-18-13(17)12-10(15)4-3-5-11(12)16/h3-5,9H,6-8,16H2,1-2H3. The largest absolute Gasteiger partial charge is 0.459 e. The molecule has 1 aromatic rings. The van der Waals surface area contributed by atoms with E-state index in [1.54, 1.807) is 18.2 Å². The van der Waals surface area contributed by atoms with Gasteiger partial charge in [-0.3, -0.25) is 0 Å². The number of rotatable bonds is 3. The molecule has 1 aliphatic heterocycles. The molecule has 2 N–H and O–H groups in total. The fraction of sp³-hybridized carbons (Fsp3) is 0.500. The fourth-order valence-corrected chi connectivity index (χ4v) is 2.45. The first-order valence-corrected chi connectivity index (χ1v) is 6.66. The number of carbonyl (C=O) groups is 1. The molecule has 1 aliphatic rings. The zero-order valence-electron chi connectivity index (χ0n) is 11.1. The number of carbonyl (C=O) groups excluding carboxylic acids is 1. The van der Waals surface area contributed by atoms with E-state index in [-0.39, 0.29) is 23.9 Å². The Bertz CT molecular complexity index is 467. The van der Waals surface area contributed by atoms with Gasteiger partial charge in [0.1, 0.15) is 12.2 Å². The molecule has 2 rings (SSSR count). The van der Waals surface area contributed by atoms with Crippen LogP contribution < -0.4 is 5.73 Å². The predicted molar refractivity (Wildman–Crippen MR) is 74.3 cm³/mol. The molecule has 0 aliphatic carbocycles. The van der Waals surface area contributed by atoms with Gasteiger partial charge in [-0.05, 0) is 38.8 Å². The zero-order valence-corrected chi connectivity index (χ0v) is 11.9. The molecule has 0 aromatic heterocycles. The summed E-state index contributed by atoms with van der Waals surface area (Å²) in [6.45, 7) is 4.29. The van der Waals surface area contributed by atoms with Gasteiger partial charge in [-0.1, -0.05) is 17.7 Å². The topological polar surface area (TPSA) is 61.5 Å². The van der Waals surface area contributed by atoms with Gasteiger partial charge in [0, 0.05) is 5.69 Å². The van der Waals surface area contributed by atoms with E-state index in [0.29, 0.717) is 10.7 Å². The van der Waals surface area contributed by atoms with Crippen molar-refractivity contribution < 1.29 is 14.3 Å². The van der Waals surface area contributed by atoms with Gasteiger partial charge < -0.3 is 15.2 Å². The van der Waals surface area contributed by atoms with Crippen molar-refractivity contribution in [1.29, 1.82) is 0 Å². The van der Waals surface area contributed by atoms with Crippen LogP contribution in [0.5, 0.6) is 0 Å². The highest BCUT2D eigenvalue weighted by atomic mass is 35.5. The Morgan fingerprint density at radius 1 is 1.58 bits per heavy atom. The molecule has 1 atom stereocenters. The number of nitrogens with two attached hydrogens (primary N) is 1. The molecule has 1 saturated heterocycles. The smallest absolute Gasteiger partial charge is 0.341 e. The number of nitrogen functional groups attached to an aromatic ring is 1. The number of esters is 1. The lowest BCUT2D eigenvalue weighted by Crippen LogP contribution is -2.24. The Balaban J connectivity index is 1.95. The summed E-state index contributed by atoms with van der Waals surface area (Å²) in [4.78, 5) is 12.0. The first kappa shape index (κ1) is 14.2. The number of benzene rings is 1. The molecule has 1 unspecified atom stereocenters. The average molecular weight is 284 g/mol. The normalized spacial score (nSPS) is 21.3. The second-order valence-corrected chi connectivity index (χ2v) is 5.75. The van der Waals surface area contributed by atoms with Crippen LogP contribution in [0.25, 0.3) is 0 Å². The number of anilines is 1. The molecule has 1 aromatic carbocycles. The summed E-state index contributed by atoms with van der Waals surface area (Å²) in [5.41, 5.74) is 6.14. The molecule has 1 fully saturated rings. The van der Waals surface area contributed by atoms with E-state index in [9.17, 15) is 4.79 Å². The van der Waals surface area contributed by atoms with Crippen LogP contribution in [0.1, 0.15) is 37.0 Å². The Labute approximate surface area is 117 Å². The van der Waals surface area contributed by atoms with Gasteiger partial charge >= 0.3 is 5.97 Å². The van der Waals surface area contributed by atoms with Gasteiger partial charge in [-0.15, -0.1) is 0 Å². The summed E-state index contributed by atoms with van der Waals surface area (Å²) in [6, 6.07) is 4.93. The van der Waals surface area contributed by atoms with Crippen molar-refractivity contribution in [3.8, 4) is 0 Å². The van der Waals surface area contributed by atoms with Crippen LogP contribution in [0.2, 0.25) is 5.02 Å². The van der Waals surface area contributed by atoms with E-state index in [1.165, 1.54) is 0 Å². The van der Waals surface area contributed by atoms with E-state index < -0.39 is 5.97 Å². The fourth-order valence-electron chi connectivity index (χ4n) is 2.19. The van der Waals surface area contributed by atoms with Crippen molar-refractivity contribution in [2.75, 3.05) is 12.3 Å². The first-order valence-electron chi connectivity index (χ1n) is 6.28. The lowest BCUT2D eigenvalue weighted by atomic mass is 10.1. The molecule has 0 radical (unpaired) electrons. The van der Waals surface area contributed by atoms with Crippen molar-refractivity contribution >= 4 is 23.3 Å². The summed E-state index contributed by atoms with van der Waals surface area (Å²) in [7, 11) is 0. The van der Waals surface area contributed by atoms with Crippen LogP contribution in [0.4, 0.5) is 5.69 Å². The lowest BCUT2D eigenvalue weighted by molar-refractivity contribution is -0.0444. The minimum Gasteiger partial charge on any atom is -0.459 e. The Morgan fingerprint density at radius 3 is 2.89 bits per heavy atom. The van der Waals surface area contributed by atoms with Gasteiger partial charge in [-0.25, -0.2) is 4.79 Å². The van der Waals surface area contributed by atoms with Crippen molar-refractivity contribution in [2.24, 2.45) is 0 Å². The Kier molecular flexibility index (Phi) is 4.02. The van der Waals surface area contributed by atoms with Crippen molar-refractivity contribution in [3.63, 3.8) is 0 Å². The first-order chi connectivity index (χ1) is 8.89. The van der Waals surface area contributed by atoms with Crippen molar-refractivity contribution in [1.82, 2.24) is 0 Å². The van der Waals surface area contributed by atoms with Gasteiger partial charge in [-0.2, -0.15) is 0 Å². The molecular formula is C14H18ClNO3. The van der Waals surface area contributed by atoms with E-state index in [2.05, 4.69) is 0 Å². The van der Waals surface area contributed by atoms with Gasteiger partial charge in [0.25, 0.3) is 0 Å². The summed E-state index contributed by atoms with van der Waals surface area (Å²) in [5, 5.41) is 0.303. The molecule has 0 spiro atoms. The predicted octanol–water partition coefficient (Wildman–Crippen LogP) is 3.04. The van der Waals surface area contributed by atoms with Gasteiger partial charge in [0.2, 0.25) is 0 Å². The zero-order chi connectivity index (χ0) is 14.0. The van der Waals surface area contributed by atoms with Crippen LogP contribution in [0.15, 0.2) is 18.2 Å². The molecule has 1 heterocycles. The van der Waals surface area contributed by atoms with Crippen LogP contribution in [-0.2, 0) is 9.47 Å². The van der Waals surface area contributed by atoms with Crippen LogP contribution >= 0.6 is 11.6 Å². The third kappa shape index (κ3) is 3.39. The Morgan fingerprint density at radius 2 is 2.32 bits per heavy atom. The molecular weight excluding hydrogens is 266 g/mol. The third-order valence-electron chi connectivity index (χ3n) is 3.20. The van der Waals surface area contributed by atoms with E-state index in [1.807, 2.05) is 13.8 Å². The highest BCUT2D eigenvalue weighted by Crippen LogP contribution is 2.30. The summed E-state index contributed by atoms with van der Waals surface area (Å²) >= 11 is 5.95. The van der Waals surface area contributed by atoms with Gasteiger partial charge in [0.05, 0.1) is 16.7 Å². The maximum Gasteiger partial charge on any atom is 0.341 e. The van der Waals surface area contributed by atoms with Crippen molar-refractivity contribution in [2.45, 2.75) is 38.4 Å². The second kappa shape index (κ2) is 5.39. The number of hydrogen-bond donors (Lipinski definition) is 1. The molecule has 104 valence electrons. The number of halogens is 1. The molecule has 0 saturated carbocycles. The van der Waals surface area contributed by atoms with E-state index >= 15 is 0 Å². The van der Waals surface area contributed by atoms with E-state index in [0.717, 1.165) is 12.8 Å². The third-order valence-corrected chi connectivity index (χ3v) is 3.52. The minimum atomic E-state index is -0.503.